The average molecular weight is 266 g/mol. The van der Waals surface area contributed by atoms with Gasteiger partial charge in [-0.1, -0.05) is 0 Å². The van der Waals surface area contributed by atoms with Crippen LogP contribution in [0.15, 0.2) is 29.2 Å². The van der Waals surface area contributed by atoms with E-state index in [0.717, 1.165) is 13.0 Å². The van der Waals surface area contributed by atoms with Crippen molar-refractivity contribution in [3.63, 3.8) is 0 Å². The molecule has 80 valence electrons. The SMILES string of the molecule is CCN[C@@H](C)Cc1c[se]c2ccccc12. The summed E-state index contributed by atoms with van der Waals surface area (Å²) >= 11 is 0.567. The van der Waals surface area contributed by atoms with Crippen molar-refractivity contribution in [2.75, 3.05) is 6.54 Å². The Kier molecular flexibility index (Phi) is 3.63. The van der Waals surface area contributed by atoms with Gasteiger partial charge >= 0.3 is 97.1 Å². The van der Waals surface area contributed by atoms with Gasteiger partial charge in [0.1, 0.15) is 0 Å². The van der Waals surface area contributed by atoms with E-state index in [1.54, 1.807) is 9.82 Å². The molecule has 0 unspecified atom stereocenters. The molecule has 1 heterocycles. The summed E-state index contributed by atoms with van der Waals surface area (Å²) in [6.07, 6.45) is 1.16. The summed E-state index contributed by atoms with van der Waals surface area (Å²) in [6.45, 7) is 5.48. The van der Waals surface area contributed by atoms with Crippen molar-refractivity contribution in [2.45, 2.75) is 26.3 Å². The van der Waals surface area contributed by atoms with Gasteiger partial charge in [0.25, 0.3) is 0 Å². The fourth-order valence-corrected chi connectivity index (χ4v) is 3.99. The van der Waals surface area contributed by atoms with Crippen molar-refractivity contribution in [1.82, 2.24) is 5.32 Å². The maximum atomic E-state index is 3.47. The van der Waals surface area contributed by atoms with Crippen LogP contribution in [0.3, 0.4) is 0 Å². The Morgan fingerprint density at radius 1 is 1.33 bits per heavy atom. The van der Waals surface area contributed by atoms with Gasteiger partial charge in [-0.25, -0.2) is 0 Å². The Bertz CT molecular complexity index is 433. The molecule has 0 saturated heterocycles. The number of fused-ring (bicyclic) bond motifs is 1. The average Bonchev–Trinajstić information content (AvgIpc) is 2.62. The van der Waals surface area contributed by atoms with Gasteiger partial charge < -0.3 is 0 Å². The predicted molar refractivity (Wildman–Crippen MR) is 67.7 cm³/mol. The van der Waals surface area contributed by atoms with Crippen LogP contribution in [0.4, 0.5) is 0 Å². The standard InChI is InChI=1S/C13H17NSe/c1-3-14-10(2)8-11-9-15-13-7-5-4-6-12(11)13/h4-7,9-10,14H,3,8H2,1-2H3/t10-/m0/s1. The molecule has 0 aliphatic heterocycles. The van der Waals surface area contributed by atoms with Crippen molar-refractivity contribution < 1.29 is 0 Å². The van der Waals surface area contributed by atoms with Crippen molar-refractivity contribution in [2.24, 2.45) is 0 Å². The third-order valence-corrected chi connectivity index (χ3v) is 4.76. The Hall–Kier alpha value is -0.561. The van der Waals surface area contributed by atoms with E-state index in [1.807, 2.05) is 0 Å². The molecule has 0 fully saturated rings. The molecule has 0 radical (unpaired) electrons. The molecule has 2 rings (SSSR count). The molecule has 0 saturated carbocycles. The Morgan fingerprint density at radius 2 is 2.13 bits per heavy atom. The van der Waals surface area contributed by atoms with Gasteiger partial charge in [-0.15, -0.1) is 0 Å². The summed E-state index contributed by atoms with van der Waals surface area (Å²) in [4.78, 5) is 2.44. The number of rotatable bonds is 4. The summed E-state index contributed by atoms with van der Waals surface area (Å²) in [5.41, 5.74) is 1.54. The van der Waals surface area contributed by atoms with E-state index >= 15 is 0 Å². The van der Waals surface area contributed by atoms with Crippen molar-refractivity contribution >= 4 is 24.1 Å². The van der Waals surface area contributed by atoms with Gasteiger partial charge in [0, 0.05) is 0 Å². The van der Waals surface area contributed by atoms with Crippen molar-refractivity contribution in [1.29, 1.82) is 0 Å². The molecule has 2 aromatic rings. The van der Waals surface area contributed by atoms with Crippen molar-refractivity contribution in [3.8, 4) is 0 Å². The zero-order valence-electron chi connectivity index (χ0n) is 9.29. The predicted octanol–water partition coefficient (Wildman–Crippen LogP) is 2.44. The van der Waals surface area contributed by atoms with Crippen LogP contribution in [0, 0.1) is 0 Å². The minimum absolute atomic E-state index is 0.567. The van der Waals surface area contributed by atoms with Gasteiger partial charge in [-0.05, 0) is 0 Å². The number of hydrogen-bond acceptors (Lipinski definition) is 1. The van der Waals surface area contributed by atoms with E-state index in [9.17, 15) is 0 Å². The topological polar surface area (TPSA) is 12.0 Å². The Balaban J connectivity index is 2.21. The first kappa shape index (κ1) is 10.9. The first-order valence-corrected chi connectivity index (χ1v) is 7.34. The first-order chi connectivity index (χ1) is 7.31. The number of nitrogens with one attached hydrogen (secondary N) is 1. The van der Waals surface area contributed by atoms with Gasteiger partial charge in [0.2, 0.25) is 0 Å². The second-order valence-corrected chi connectivity index (χ2v) is 5.83. The van der Waals surface area contributed by atoms with E-state index < -0.39 is 0 Å². The molecule has 0 aliphatic carbocycles. The third-order valence-electron chi connectivity index (χ3n) is 2.64. The van der Waals surface area contributed by atoms with E-state index in [1.165, 1.54) is 5.39 Å². The van der Waals surface area contributed by atoms with Crippen LogP contribution < -0.4 is 5.32 Å². The molecule has 0 bridgehead atoms. The molecular formula is C13H17NSe. The maximum absolute atomic E-state index is 3.47. The molecule has 0 aliphatic rings. The normalized spacial score (nSPS) is 13.2. The fourth-order valence-electron chi connectivity index (χ4n) is 1.94. The van der Waals surface area contributed by atoms with Gasteiger partial charge in [-0.2, -0.15) is 0 Å². The molecule has 1 N–H and O–H groups in total. The monoisotopic (exact) mass is 267 g/mol. The Labute approximate surface area is 97.2 Å². The summed E-state index contributed by atoms with van der Waals surface area (Å²) in [5.74, 6) is 0. The summed E-state index contributed by atoms with van der Waals surface area (Å²) in [6, 6.07) is 9.39. The molecule has 1 aromatic heterocycles. The number of benzene rings is 1. The van der Waals surface area contributed by atoms with Crippen LogP contribution in [0.5, 0.6) is 0 Å². The van der Waals surface area contributed by atoms with Crippen LogP contribution in [0.2, 0.25) is 0 Å². The van der Waals surface area contributed by atoms with Gasteiger partial charge in [-0.3, -0.25) is 0 Å². The molecular weight excluding hydrogens is 249 g/mol. The van der Waals surface area contributed by atoms with Gasteiger partial charge in [0.15, 0.2) is 0 Å². The van der Waals surface area contributed by atoms with Crippen molar-refractivity contribution in [3.05, 3.63) is 34.8 Å². The number of likely N-dealkylation sites (N-methyl/N-ethyl adjacent to an activating group) is 1. The van der Waals surface area contributed by atoms with Crippen LogP contribution in [0.1, 0.15) is 19.4 Å². The zero-order valence-corrected chi connectivity index (χ0v) is 11.0. The molecule has 0 amide bonds. The zero-order chi connectivity index (χ0) is 10.7. The minimum atomic E-state index is 0.567. The quantitative estimate of drug-likeness (QED) is 0.838. The summed E-state index contributed by atoms with van der Waals surface area (Å²) < 4.78 is 1.55. The molecule has 0 spiro atoms. The molecule has 1 nitrogen and oxygen atoms in total. The van der Waals surface area contributed by atoms with E-state index in [2.05, 4.69) is 48.4 Å². The van der Waals surface area contributed by atoms with Crippen LogP contribution in [-0.4, -0.2) is 27.1 Å². The summed E-state index contributed by atoms with van der Waals surface area (Å²) in [7, 11) is 0. The third kappa shape index (κ3) is 2.52. The number of hydrogen-bond donors (Lipinski definition) is 1. The Morgan fingerprint density at radius 3 is 2.93 bits per heavy atom. The summed E-state index contributed by atoms with van der Waals surface area (Å²) in [5, 5.41) is 4.96. The van der Waals surface area contributed by atoms with E-state index in [0.29, 0.717) is 20.5 Å². The van der Waals surface area contributed by atoms with Crippen LogP contribution >= 0.6 is 0 Å². The molecule has 1 atom stereocenters. The molecule has 2 heteroatoms. The fraction of sp³-hybridized carbons (Fsp3) is 0.385. The second-order valence-electron chi connectivity index (χ2n) is 3.92. The van der Waals surface area contributed by atoms with Crippen LogP contribution in [0.25, 0.3) is 9.65 Å². The van der Waals surface area contributed by atoms with E-state index in [4.69, 9.17) is 0 Å². The van der Waals surface area contributed by atoms with E-state index in [-0.39, 0.29) is 0 Å². The molecule has 1 aromatic carbocycles. The first-order valence-electron chi connectivity index (χ1n) is 5.49. The van der Waals surface area contributed by atoms with Crippen LogP contribution in [-0.2, 0) is 6.42 Å². The van der Waals surface area contributed by atoms with Gasteiger partial charge in [0.05, 0.1) is 0 Å². The molecule has 15 heavy (non-hydrogen) atoms. The second kappa shape index (κ2) is 4.98.